The highest BCUT2D eigenvalue weighted by Crippen LogP contribution is 2.33. The average molecular weight is 393 g/mol. The summed E-state index contributed by atoms with van der Waals surface area (Å²) in [6, 6.07) is 3.50. The molecule has 2 aliphatic heterocycles. The molecule has 3 rings (SSSR count). The molecule has 2 saturated heterocycles. The van der Waals surface area contributed by atoms with Gasteiger partial charge in [-0.15, -0.1) is 0 Å². The third kappa shape index (κ3) is 4.27. The Labute approximate surface area is 156 Å². The summed E-state index contributed by atoms with van der Waals surface area (Å²) in [6.07, 6.45) is 1.01. The van der Waals surface area contributed by atoms with Crippen LogP contribution in [0.5, 0.6) is 5.75 Å². The van der Waals surface area contributed by atoms with Gasteiger partial charge in [-0.1, -0.05) is 34.8 Å². The number of likely N-dealkylation sites (tertiary alicyclic amines) is 1. The van der Waals surface area contributed by atoms with E-state index in [1.807, 2.05) is 4.90 Å². The number of hydrogen-bond donors (Lipinski definition) is 1. The molecule has 1 unspecified atom stereocenters. The van der Waals surface area contributed by atoms with Crippen LogP contribution in [-0.2, 0) is 4.79 Å². The predicted molar refractivity (Wildman–Crippen MR) is 96.4 cm³/mol. The van der Waals surface area contributed by atoms with Crippen molar-refractivity contribution < 1.29 is 9.53 Å². The lowest BCUT2D eigenvalue weighted by atomic mass is 10.2. The fourth-order valence-corrected chi connectivity index (χ4v) is 3.75. The maximum absolute atomic E-state index is 12.4. The number of ether oxygens (including phenoxy) is 1. The van der Waals surface area contributed by atoms with Crippen molar-refractivity contribution in [2.75, 3.05) is 45.9 Å². The molecule has 1 amide bonds. The number of rotatable bonds is 4. The van der Waals surface area contributed by atoms with E-state index in [1.54, 1.807) is 0 Å². The Morgan fingerprint density at radius 1 is 1.12 bits per heavy atom. The first kappa shape index (κ1) is 18.1. The summed E-state index contributed by atoms with van der Waals surface area (Å²) in [5.74, 6) is 0.340. The molecule has 5 nitrogen and oxygen atoms in total. The average Bonchev–Trinajstić information content (AvgIpc) is 3.07. The van der Waals surface area contributed by atoms with Gasteiger partial charge in [0.05, 0.1) is 15.1 Å². The second-order valence-corrected chi connectivity index (χ2v) is 7.28. The third-order valence-electron chi connectivity index (χ3n) is 4.51. The van der Waals surface area contributed by atoms with Gasteiger partial charge < -0.3 is 15.0 Å². The Morgan fingerprint density at radius 3 is 2.58 bits per heavy atom. The van der Waals surface area contributed by atoms with Crippen LogP contribution >= 0.6 is 34.8 Å². The van der Waals surface area contributed by atoms with Crippen LogP contribution < -0.4 is 10.1 Å². The SMILES string of the molecule is O=C(COc1cc(Cl)c(Cl)cc1Cl)N1CCC(N2CCNCC2)C1. The highest BCUT2D eigenvalue weighted by molar-refractivity contribution is 6.43. The van der Waals surface area contributed by atoms with E-state index in [0.717, 1.165) is 45.7 Å². The van der Waals surface area contributed by atoms with Crippen LogP contribution in [0.3, 0.4) is 0 Å². The van der Waals surface area contributed by atoms with Crippen molar-refractivity contribution in [1.29, 1.82) is 0 Å². The molecule has 0 bridgehead atoms. The first-order valence-electron chi connectivity index (χ1n) is 8.04. The Balaban J connectivity index is 1.51. The number of amides is 1. The molecule has 2 fully saturated rings. The van der Waals surface area contributed by atoms with Gasteiger partial charge in [-0.25, -0.2) is 0 Å². The standard InChI is InChI=1S/C16H20Cl3N3O2/c17-12-7-14(19)15(8-13(12)18)24-10-16(23)22-4-1-11(9-22)21-5-2-20-3-6-21/h7-8,11,20H,1-6,9-10H2. The Morgan fingerprint density at radius 2 is 1.83 bits per heavy atom. The number of piperazine rings is 1. The number of nitrogens with one attached hydrogen (secondary N) is 1. The van der Waals surface area contributed by atoms with Crippen LogP contribution in [0, 0.1) is 0 Å². The Kier molecular flexibility index (Phi) is 6.11. The zero-order chi connectivity index (χ0) is 17.1. The van der Waals surface area contributed by atoms with Crippen LogP contribution in [0.15, 0.2) is 12.1 Å². The molecule has 0 saturated carbocycles. The number of carbonyl (C=O) groups excluding carboxylic acids is 1. The lowest BCUT2D eigenvalue weighted by Crippen LogP contribution is -2.49. The summed E-state index contributed by atoms with van der Waals surface area (Å²) in [4.78, 5) is 16.7. The quantitative estimate of drug-likeness (QED) is 0.800. The largest absolute Gasteiger partial charge is 0.482 e. The summed E-state index contributed by atoms with van der Waals surface area (Å²) >= 11 is 17.9. The number of hydrogen-bond acceptors (Lipinski definition) is 4. The van der Waals surface area contributed by atoms with Crippen LogP contribution in [0.4, 0.5) is 0 Å². The molecule has 1 N–H and O–H groups in total. The second kappa shape index (κ2) is 8.11. The summed E-state index contributed by atoms with van der Waals surface area (Å²) in [5, 5.41) is 4.40. The molecule has 0 aromatic heterocycles. The zero-order valence-electron chi connectivity index (χ0n) is 13.2. The molecular formula is C16H20Cl3N3O2. The van der Waals surface area contributed by atoms with Gasteiger partial charge in [0.2, 0.25) is 0 Å². The van der Waals surface area contributed by atoms with Crippen LogP contribution in [0.2, 0.25) is 15.1 Å². The van der Waals surface area contributed by atoms with Gasteiger partial charge in [0.25, 0.3) is 5.91 Å². The maximum atomic E-state index is 12.4. The molecular weight excluding hydrogens is 373 g/mol. The normalized spacial score (nSPS) is 22.0. The van der Waals surface area contributed by atoms with Crippen molar-refractivity contribution in [3.05, 3.63) is 27.2 Å². The summed E-state index contributed by atoms with van der Waals surface area (Å²) < 4.78 is 5.54. The van der Waals surface area contributed by atoms with E-state index in [2.05, 4.69) is 10.2 Å². The van der Waals surface area contributed by atoms with Crippen molar-refractivity contribution >= 4 is 40.7 Å². The highest BCUT2D eigenvalue weighted by Gasteiger charge is 2.31. The molecule has 8 heteroatoms. The number of carbonyl (C=O) groups is 1. The molecule has 0 spiro atoms. The van der Waals surface area contributed by atoms with E-state index in [1.165, 1.54) is 12.1 Å². The van der Waals surface area contributed by atoms with E-state index >= 15 is 0 Å². The van der Waals surface area contributed by atoms with E-state index in [4.69, 9.17) is 39.5 Å². The fourth-order valence-electron chi connectivity index (χ4n) is 3.16. The Hall–Kier alpha value is -0.720. The predicted octanol–water partition coefficient (Wildman–Crippen LogP) is 2.53. The van der Waals surface area contributed by atoms with Gasteiger partial charge in [-0.05, 0) is 12.5 Å². The molecule has 132 valence electrons. The summed E-state index contributed by atoms with van der Waals surface area (Å²) in [5.41, 5.74) is 0. The van der Waals surface area contributed by atoms with Crippen molar-refractivity contribution in [1.82, 2.24) is 15.1 Å². The second-order valence-electron chi connectivity index (χ2n) is 6.05. The maximum Gasteiger partial charge on any atom is 0.260 e. The van der Waals surface area contributed by atoms with Crippen molar-refractivity contribution in [2.24, 2.45) is 0 Å². The number of benzene rings is 1. The molecule has 0 aliphatic carbocycles. The smallest absolute Gasteiger partial charge is 0.260 e. The van der Waals surface area contributed by atoms with E-state index < -0.39 is 0 Å². The number of halogens is 3. The first-order chi connectivity index (χ1) is 11.5. The zero-order valence-corrected chi connectivity index (χ0v) is 15.5. The van der Waals surface area contributed by atoms with Crippen molar-refractivity contribution in [3.63, 3.8) is 0 Å². The van der Waals surface area contributed by atoms with Crippen molar-refractivity contribution in [2.45, 2.75) is 12.5 Å². The molecule has 0 radical (unpaired) electrons. The lowest BCUT2D eigenvalue weighted by molar-refractivity contribution is -0.132. The monoisotopic (exact) mass is 391 g/mol. The molecule has 1 atom stereocenters. The molecule has 1 aromatic rings. The van der Waals surface area contributed by atoms with Gasteiger partial charge in [-0.2, -0.15) is 0 Å². The van der Waals surface area contributed by atoms with Gasteiger partial charge >= 0.3 is 0 Å². The molecule has 1 aromatic carbocycles. The van der Waals surface area contributed by atoms with E-state index in [9.17, 15) is 4.79 Å². The lowest BCUT2D eigenvalue weighted by Gasteiger charge is -2.32. The fraction of sp³-hybridized carbons (Fsp3) is 0.562. The molecule has 2 heterocycles. The summed E-state index contributed by atoms with van der Waals surface area (Å²) in [7, 11) is 0. The Bertz CT molecular complexity index is 608. The van der Waals surface area contributed by atoms with Crippen LogP contribution in [0.1, 0.15) is 6.42 Å². The highest BCUT2D eigenvalue weighted by atomic mass is 35.5. The van der Waals surface area contributed by atoms with Gasteiger partial charge in [0.15, 0.2) is 6.61 Å². The minimum absolute atomic E-state index is 0.0326. The van der Waals surface area contributed by atoms with Crippen LogP contribution in [0.25, 0.3) is 0 Å². The number of nitrogens with zero attached hydrogens (tertiary/aromatic N) is 2. The minimum Gasteiger partial charge on any atom is -0.482 e. The minimum atomic E-state index is -0.0496. The van der Waals surface area contributed by atoms with Gasteiger partial charge in [0, 0.05) is 51.4 Å². The van der Waals surface area contributed by atoms with E-state index in [0.29, 0.717) is 26.9 Å². The molecule has 24 heavy (non-hydrogen) atoms. The van der Waals surface area contributed by atoms with E-state index in [-0.39, 0.29) is 12.5 Å². The van der Waals surface area contributed by atoms with Crippen molar-refractivity contribution in [3.8, 4) is 5.75 Å². The topological polar surface area (TPSA) is 44.8 Å². The van der Waals surface area contributed by atoms with Crippen LogP contribution in [-0.4, -0.2) is 67.6 Å². The first-order valence-corrected chi connectivity index (χ1v) is 9.18. The van der Waals surface area contributed by atoms with Gasteiger partial charge in [0.1, 0.15) is 5.75 Å². The summed E-state index contributed by atoms with van der Waals surface area (Å²) in [6.45, 7) is 5.60. The van der Waals surface area contributed by atoms with Gasteiger partial charge in [-0.3, -0.25) is 9.69 Å². The molecule has 2 aliphatic rings. The third-order valence-corrected chi connectivity index (χ3v) is 5.53.